The van der Waals surface area contributed by atoms with Crippen molar-refractivity contribution in [3.63, 3.8) is 0 Å². The van der Waals surface area contributed by atoms with Crippen LogP contribution in [0.5, 0.6) is 11.5 Å². The normalized spacial score (nSPS) is 22.8. The smallest absolute Gasteiger partial charge is 0.255 e. The standard InChI is InChI=1S/C20H31N3O3/c1-22-11-8-16(9-12-22)23-10-4-5-15(14-23)21-20(24)18-7-6-17(25-2)13-19(18)26-3/h6-7,13,15-16H,4-5,8-12,14H2,1-3H3,(H,21,24)/t15-/m0/s1. The van der Waals surface area contributed by atoms with E-state index in [9.17, 15) is 4.79 Å². The number of hydrogen-bond acceptors (Lipinski definition) is 5. The van der Waals surface area contributed by atoms with E-state index < -0.39 is 0 Å². The summed E-state index contributed by atoms with van der Waals surface area (Å²) in [4.78, 5) is 17.7. The molecule has 2 saturated heterocycles. The van der Waals surface area contributed by atoms with Crippen LogP contribution in [0.15, 0.2) is 18.2 Å². The quantitative estimate of drug-likeness (QED) is 0.869. The summed E-state index contributed by atoms with van der Waals surface area (Å²) in [7, 11) is 5.37. The molecule has 0 saturated carbocycles. The van der Waals surface area contributed by atoms with Crippen LogP contribution in [0.2, 0.25) is 0 Å². The molecule has 0 unspecified atom stereocenters. The molecule has 2 heterocycles. The minimum Gasteiger partial charge on any atom is -0.497 e. The van der Waals surface area contributed by atoms with E-state index in [1.54, 1.807) is 32.4 Å². The Morgan fingerprint density at radius 2 is 1.88 bits per heavy atom. The van der Waals surface area contributed by atoms with Gasteiger partial charge in [0.2, 0.25) is 0 Å². The number of methoxy groups -OCH3 is 2. The van der Waals surface area contributed by atoms with Crippen LogP contribution in [0.25, 0.3) is 0 Å². The molecule has 1 aromatic rings. The lowest BCUT2D eigenvalue weighted by Crippen LogP contribution is -2.53. The second-order valence-electron chi connectivity index (χ2n) is 7.41. The van der Waals surface area contributed by atoms with E-state index in [0.717, 1.165) is 25.9 Å². The molecule has 2 aliphatic heterocycles. The molecular formula is C20H31N3O3. The van der Waals surface area contributed by atoms with Crippen LogP contribution >= 0.6 is 0 Å². The highest BCUT2D eigenvalue weighted by Gasteiger charge is 2.29. The van der Waals surface area contributed by atoms with Crippen molar-refractivity contribution >= 4 is 5.91 Å². The molecule has 0 bridgehead atoms. The predicted molar refractivity (Wildman–Crippen MR) is 102 cm³/mol. The summed E-state index contributed by atoms with van der Waals surface area (Å²) in [5.41, 5.74) is 0.560. The SMILES string of the molecule is COc1ccc(C(=O)N[C@H]2CCCN(C3CCN(C)CC3)C2)c(OC)c1. The molecule has 0 aromatic heterocycles. The molecule has 1 aromatic carbocycles. The number of hydrogen-bond donors (Lipinski definition) is 1. The summed E-state index contributed by atoms with van der Waals surface area (Å²) in [5.74, 6) is 1.16. The van der Waals surface area contributed by atoms with Crippen LogP contribution in [0.4, 0.5) is 0 Å². The van der Waals surface area contributed by atoms with Gasteiger partial charge in [-0.2, -0.15) is 0 Å². The first-order chi connectivity index (χ1) is 12.6. The molecule has 26 heavy (non-hydrogen) atoms. The lowest BCUT2D eigenvalue weighted by molar-refractivity contribution is 0.0764. The van der Waals surface area contributed by atoms with Crippen molar-refractivity contribution in [3.8, 4) is 11.5 Å². The number of rotatable bonds is 5. The fraction of sp³-hybridized carbons (Fsp3) is 0.650. The number of nitrogens with zero attached hydrogens (tertiary/aromatic N) is 2. The molecule has 6 nitrogen and oxygen atoms in total. The summed E-state index contributed by atoms with van der Waals surface area (Å²) in [6.07, 6.45) is 4.62. The van der Waals surface area contributed by atoms with Gasteiger partial charge in [-0.3, -0.25) is 9.69 Å². The first kappa shape index (κ1) is 19.0. The van der Waals surface area contributed by atoms with Gasteiger partial charge in [-0.15, -0.1) is 0 Å². The van der Waals surface area contributed by atoms with E-state index in [-0.39, 0.29) is 11.9 Å². The van der Waals surface area contributed by atoms with E-state index >= 15 is 0 Å². The number of piperidine rings is 2. The van der Waals surface area contributed by atoms with Gasteiger partial charge in [-0.05, 0) is 64.5 Å². The van der Waals surface area contributed by atoms with Crippen LogP contribution < -0.4 is 14.8 Å². The molecule has 144 valence electrons. The Morgan fingerprint density at radius 3 is 2.58 bits per heavy atom. The van der Waals surface area contributed by atoms with Crippen LogP contribution in [0.1, 0.15) is 36.0 Å². The number of likely N-dealkylation sites (tertiary alicyclic amines) is 2. The van der Waals surface area contributed by atoms with Gasteiger partial charge in [0.1, 0.15) is 11.5 Å². The van der Waals surface area contributed by atoms with Gasteiger partial charge in [-0.1, -0.05) is 0 Å². The highest BCUT2D eigenvalue weighted by atomic mass is 16.5. The van der Waals surface area contributed by atoms with Gasteiger partial charge >= 0.3 is 0 Å². The van der Waals surface area contributed by atoms with Crippen molar-refractivity contribution in [1.82, 2.24) is 15.1 Å². The average molecular weight is 361 g/mol. The minimum absolute atomic E-state index is 0.0697. The van der Waals surface area contributed by atoms with Crippen LogP contribution in [0.3, 0.4) is 0 Å². The van der Waals surface area contributed by atoms with Crippen molar-refractivity contribution < 1.29 is 14.3 Å². The minimum atomic E-state index is -0.0697. The molecular weight excluding hydrogens is 330 g/mol. The van der Waals surface area contributed by atoms with Gasteiger partial charge in [0.15, 0.2) is 0 Å². The van der Waals surface area contributed by atoms with Gasteiger partial charge in [0, 0.05) is 24.7 Å². The average Bonchev–Trinajstić information content (AvgIpc) is 2.68. The largest absolute Gasteiger partial charge is 0.497 e. The zero-order chi connectivity index (χ0) is 18.5. The fourth-order valence-electron chi connectivity index (χ4n) is 4.07. The molecule has 2 fully saturated rings. The highest BCUT2D eigenvalue weighted by molar-refractivity contribution is 5.97. The van der Waals surface area contributed by atoms with E-state index in [1.807, 2.05) is 0 Å². The number of nitrogens with one attached hydrogen (secondary N) is 1. The van der Waals surface area contributed by atoms with Crippen molar-refractivity contribution in [2.75, 3.05) is 47.4 Å². The van der Waals surface area contributed by atoms with E-state index in [2.05, 4.69) is 22.2 Å². The Bertz CT molecular complexity index is 614. The molecule has 0 spiro atoms. The lowest BCUT2D eigenvalue weighted by Gasteiger charge is -2.41. The maximum absolute atomic E-state index is 12.8. The van der Waals surface area contributed by atoms with Gasteiger partial charge in [0.05, 0.1) is 19.8 Å². The number of carbonyl (C=O) groups is 1. The van der Waals surface area contributed by atoms with Gasteiger partial charge in [-0.25, -0.2) is 0 Å². The summed E-state index contributed by atoms with van der Waals surface area (Å²) in [6.45, 7) is 4.42. The van der Waals surface area contributed by atoms with Crippen molar-refractivity contribution in [3.05, 3.63) is 23.8 Å². The number of carbonyl (C=O) groups excluding carboxylic acids is 1. The van der Waals surface area contributed by atoms with Crippen LogP contribution in [0, 0.1) is 0 Å². The second-order valence-corrected chi connectivity index (χ2v) is 7.41. The number of amides is 1. The Kier molecular flexibility index (Phi) is 6.38. The molecule has 1 atom stereocenters. The fourth-order valence-corrected chi connectivity index (χ4v) is 4.07. The summed E-state index contributed by atoms with van der Waals surface area (Å²) >= 11 is 0. The second kappa shape index (κ2) is 8.73. The summed E-state index contributed by atoms with van der Waals surface area (Å²) in [6, 6.07) is 6.16. The molecule has 1 amide bonds. The van der Waals surface area contributed by atoms with Crippen LogP contribution in [-0.4, -0.2) is 75.2 Å². The van der Waals surface area contributed by atoms with Crippen molar-refractivity contribution in [2.24, 2.45) is 0 Å². The predicted octanol–water partition coefficient (Wildman–Crippen LogP) is 1.99. The van der Waals surface area contributed by atoms with Crippen molar-refractivity contribution in [1.29, 1.82) is 0 Å². The Hall–Kier alpha value is -1.79. The summed E-state index contributed by atoms with van der Waals surface area (Å²) < 4.78 is 10.6. The molecule has 0 aliphatic carbocycles. The van der Waals surface area contributed by atoms with Crippen LogP contribution in [-0.2, 0) is 0 Å². The number of ether oxygens (including phenoxy) is 2. The number of benzene rings is 1. The Balaban J connectivity index is 1.60. The van der Waals surface area contributed by atoms with E-state index in [4.69, 9.17) is 9.47 Å². The molecule has 1 N–H and O–H groups in total. The maximum atomic E-state index is 12.8. The third-order valence-electron chi connectivity index (χ3n) is 5.65. The Labute approximate surface area is 156 Å². The van der Waals surface area contributed by atoms with Crippen molar-refractivity contribution in [2.45, 2.75) is 37.8 Å². The molecule has 3 rings (SSSR count). The topological polar surface area (TPSA) is 54.0 Å². The molecule has 6 heteroatoms. The lowest BCUT2D eigenvalue weighted by atomic mass is 9.98. The monoisotopic (exact) mass is 361 g/mol. The zero-order valence-electron chi connectivity index (χ0n) is 16.2. The third kappa shape index (κ3) is 4.48. The first-order valence-electron chi connectivity index (χ1n) is 9.56. The molecule has 0 radical (unpaired) electrons. The maximum Gasteiger partial charge on any atom is 0.255 e. The van der Waals surface area contributed by atoms with Gasteiger partial charge in [0.25, 0.3) is 5.91 Å². The zero-order valence-corrected chi connectivity index (χ0v) is 16.2. The highest BCUT2D eigenvalue weighted by Crippen LogP contribution is 2.25. The third-order valence-corrected chi connectivity index (χ3v) is 5.65. The Morgan fingerprint density at radius 1 is 1.12 bits per heavy atom. The first-order valence-corrected chi connectivity index (χ1v) is 9.56. The van der Waals surface area contributed by atoms with Gasteiger partial charge < -0.3 is 19.7 Å². The van der Waals surface area contributed by atoms with E-state index in [1.165, 1.54) is 25.9 Å². The molecule has 2 aliphatic rings. The summed E-state index contributed by atoms with van der Waals surface area (Å²) in [5, 5.41) is 3.21. The van der Waals surface area contributed by atoms with E-state index in [0.29, 0.717) is 23.1 Å².